The third kappa shape index (κ3) is 6.24. The highest BCUT2D eigenvalue weighted by atomic mass is 32.2. The van der Waals surface area contributed by atoms with Gasteiger partial charge in [-0.05, 0) is 61.5 Å². The van der Waals surface area contributed by atoms with Crippen molar-refractivity contribution in [2.75, 3.05) is 23.5 Å². The van der Waals surface area contributed by atoms with Crippen LogP contribution in [0.3, 0.4) is 0 Å². The summed E-state index contributed by atoms with van der Waals surface area (Å²) in [6.45, 7) is 1.95. The zero-order valence-electron chi connectivity index (χ0n) is 18.7. The molecule has 2 N–H and O–H groups in total. The quantitative estimate of drug-likeness (QED) is 0.292. The van der Waals surface area contributed by atoms with Gasteiger partial charge < -0.3 is 15.4 Å². The van der Waals surface area contributed by atoms with E-state index in [4.69, 9.17) is 4.74 Å². The maximum absolute atomic E-state index is 12.5. The lowest BCUT2D eigenvalue weighted by atomic mass is 10.1. The molecule has 4 aromatic rings. The number of amides is 2. The number of benzene rings is 3. The summed E-state index contributed by atoms with van der Waals surface area (Å²) < 4.78 is 5.18. The first kappa shape index (κ1) is 23.5. The van der Waals surface area contributed by atoms with Crippen LogP contribution in [-0.4, -0.2) is 29.7 Å². The molecule has 8 heteroatoms. The molecular formula is C26H23N3O3S2. The molecule has 0 saturated carbocycles. The van der Waals surface area contributed by atoms with Crippen molar-refractivity contribution in [3.8, 4) is 17.0 Å². The Hall–Kier alpha value is -3.62. The Morgan fingerprint density at radius 1 is 1.00 bits per heavy atom. The van der Waals surface area contributed by atoms with Gasteiger partial charge in [0.2, 0.25) is 5.91 Å². The molecule has 1 aromatic heterocycles. The number of hydrogen-bond donors (Lipinski definition) is 2. The lowest BCUT2D eigenvalue weighted by molar-refractivity contribution is -0.113. The van der Waals surface area contributed by atoms with Crippen LogP contribution < -0.4 is 15.4 Å². The third-order valence-corrected chi connectivity index (χ3v) is 6.63. The minimum Gasteiger partial charge on any atom is -0.497 e. The van der Waals surface area contributed by atoms with Crippen LogP contribution in [0, 0.1) is 6.92 Å². The molecule has 2 amide bonds. The fourth-order valence-corrected chi connectivity index (χ4v) is 4.67. The van der Waals surface area contributed by atoms with Gasteiger partial charge in [-0.15, -0.1) is 23.1 Å². The Morgan fingerprint density at radius 3 is 2.56 bits per heavy atom. The Bertz CT molecular complexity index is 1300. The van der Waals surface area contributed by atoms with E-state index in [0.717, 1.165) is 27.5 Å². The van der Waals surface area contributed by atoms with Crippen LogP contribution in [-0.2, 0) is 4.79 Å². The summed E-state index contributed by atoms with van der Waals surface area (Å²) in [5.41, 5.74) is 4.07. The van der Waals surface area contributed by atoms with Crippen molar-refractivity contribution in [1.29, 1.82) is 0 Å². The summed E-state index contributed by atoms with van der Waals surface area (Å²) in [6.07, 6.45) is 0. The number of carbonyl (C=O) groups is 2. The lowest BCUT2D eigenvalue weighted by Gasteiger charge is -2.08. The van der Waals surface area contributed by atoms with Crippen molar-refractivity contribution in [2.45, 2.75) is 11.8 Å². The van der Waals surface area contributed by atoms with E-state index in [0.29, 0.717) is 16.4 Å². The zero-order chi connectivity index (χ0) is 23.9. The molecule has 0 spiro atoms. The molecule has 0 aliphatic carbocycles. The number of thioether (sulfide) groups is 1. The molecule has 0 bridgehead atoms. The molecule has 6 nitrogen and oxygen atoms in total. The SMILES string of the molecule is COc1ccc(-c2csc(NC(=O)CSc3cccc(NC(=O)c4cccc(C)c4)c3)n2)cc1. The first-order valence-electron chi connectivity index (χ1n) is 10.5. The normalized spacial score (nSPS) is 10.5. The number of carbonyl (C=O) groups excluding carboxylic acids is 2. The number of rotatable bonds is 8. The van der Waals surface area contributed by atoms with Gasteiger partial charge in [0, 0.05) is 27.1 Å². The fraction of sp³-hybridized carbons (Fsp3) is 0.115. The largest absolute Gasteiger partial charge is 0.497 e. The van der Waals surface area contributed by atoms with Crippen molar-refractivity contribution in [1.82, 2.24) is 4.98 Å². The molecule has 0 fully saturated rings. The van der Waals surface area contributed by atoms with Gasteiger partial charge in [-0.2, -0.15) is 0 Å². The Kier molecular flexibility index (Phi) is 7.61. The summed E-state index contributed by atoms with van der Waals surface area (Å²) >= 11 is 2.78. The number of aromatic nitrogens is 1. The van der Waals surface area contributed by atoms with Gasteiger partial charge in [0.1, 0.15) is 5.75 Å². The summed E-state index contributed by atoms with van der Waals surface area (Å²) in [4.78, 5) is 30.3. The maximum atomic E-state index is 12.5. The van der Waals surface area contributed by atoms with E-state index in [1.165, 1.54) is 23.1 Å². The van der Waals surface area contributed by atoms with Crippen LogP contribution in [0.4, 0.5) is 10.8 Å². The van der Waals surface area contributed by atoms with Crippen LogP contribution in [0.15, 0.2) is 83.1 Å². The number of ether oxygens (including phenoxy) is 1. The van der Waals surface area contributed by atoms with Gasteiger partial charge in [0.05, 0.1) is 18.6 Å². The standard InChI is InChI=1S/C26H23N3O3S2/c1-17-5-3-6-19(13-17)25(31)27-20-7-4-8-22(14-20)33-16-24(30)29-26-28-23(15-34-26)18-9-11-21(32-2)12-10-18/h3-15H,16H2,1-2H3,(H,27,31)(H,28,29,30). The summed E-state index contributed by atoms with van der Waals surface area (Å²) in [5.74, 6) is 0.699. The van der Waals surface area contributed by atoms with Crippen molar-refractivity contribution in [3.63, 3.8) is 0 Å². The minimum absolute atomic E-state index is 0.144. The van der Waals surface area contributed by atoms with Crippen molar-refractivity contribution >= 4 is 45.7 Å². The number of nitrogens with one attached hydrogen (secondary N) is 2. The van der Waals surface area contributed by atoms with E-state index >= 15 is 0 Å². The van der Waals surface area contributed by atoms with Crippen LogP contribution >= 0.6 is 23.1 Å². The molecule has 0 aliphatic heterocycles. The van der Waals surface area contributed by atoms with Gasteiger partial charge in [0.15, 0.2) is 5.13 Å². The molecule has 0 aliphatic rings. The van der Waals surface area contributed by atoms with Gasteiger partial charge in [-0.3, -0.25) is 9.59 Å². The van der Waals surface area contributed by atoms with Gasteiger partial charge in [-0.25, -0.2) is 4.98 Å². The predicted molar refractivity (Wildman–Crippen MR) is 139 cm³/mol. The van der Waals surface area contributed by atoms with Crippen molar-refractivity contribution in [2.24, 2.45) is 0 Å². The van der Waals surface area contributed by atoms with Crippen molar-refractivity contribution < 1.29 is 14.3 Å². The number of aryl methyl sites for hydroxylation is 1. The van der Waals surface area contributed by atoms with Gasteiger partial charge in [0.25, 0.3) is 5.91 Å². The van der Waals surface area contributed by atoms with E-state index in [-0.39, 0.29) is 17.6 Å². The summed E-state index contributed by atoms with van der Waals surface area (Å²) in [6, 6.07) is 22.5. The van der Waals surface area contributed by atoms with E-state index < -0.39 is 0 Å². The Balaban J connectivity index is 1.31. The third-order valence-electron chi connectivity index (χ3n) is 4.88. The van der Waals surface area contributed by atoms with E-state index in [1.54, 1.807) is 13.2 Å². The monoisotopic (exact) mass is 489 g/mol. The van der Waals surface area contributed by atoms with Crippen LogP contribution in [0.1, 0.15) is 15.9 Å². The zero-order valence-corrected chi connectivity index (χ0v) is 20.3. The molecular weight excluding hydrogens is 466 g/mol. The second-order valence-electron chi connectivity index (χ2n) is 7.45. The molecule has 4 rings (SSSR count). The Morgan fingerprint density at radius 2 is 1.79 bits per heavy atom. The molecule has 0 radical (unpaired) electrons. The van der Waals surface area contributed by atoms with E-state index in [9.17, 15) is 9.59 Å². The maximum Gasteiger partial charge on any atom is 0.255 e. The van der Waals surface area contributed by atoms with E-state index in [2.05, 4.69) is 15.6 Å². The highest BCUT2D eigenvalue weighted by Gasteiger charge is 2.10. The highest BCUT2D eigenvalue weighted by Crippen LogP contribution is 2.27. The van der Waals surface area contributed by atoms with Gasteiger partial charge >= 0.3 is 0 Å². The lowest BCUT2D eigenvalue weighted by Crippen LogP contribution is -2.14. The number of anilines is 2. The van der Waals surface area contributed by atoms with Crippen LogP contribution in [0.5, 0.6) is 5.75 Å². The average molecular weight is 490 g/mol. The highest BCUT2D eigenvalue weighted by molar-refractivity contribution is 8.00. The summed E-state index contributed by atoms with van der Waals surface area (Å²) in [7, 11) is 1.63. The molecule has 0 unspecified atom stereocenters. The predicted octanol–water partition coefficient (Wildman–Crippen LogP) is 6.11. The summed E-state index contributed by atoms with van der Waals surface area (Å²) in [5, 5.41) is 8.22. The number of hydrogen-bond acceptors (Lipinski definition) is 6. The smallest absolute Gasteiger partial charge is 0.255 e. The van der Waals surface area contributed by atoms with Crippen molar-refractivity contribution in [3.05, 3.63) is 89.3 Å². The minimum atomic E-state index is -0.167. The van der Waals surface area contributed by atoms with Crippen LogP contribution in [0.2, 0.25) is 0 Å². The Labute approximate surface area is 206 Å². The number of thiazole rings is 1. The second-order valence-corrected chi connectivity index (χ2v) is 9.36. The van der Waals surface area contributed by atoms with Crippen LogP contribution in [0.25, 0.3) is 11.3 Å². The van der Waals surface area contributed by atoms with E-state index in [1.807, 2.05) is 79.0 Å². The molecule has 0 saturated heterocycles. The number of nitrogens with zero attached hydrogens (tertiary/aromatic N) is 1. The molecule has 172 valence electrons. The number of methoxy groups -OCH3 is 1. The molecule has 34 heavy (non-hydrogen) atoms. The molecule has 0 atom stereocenters. The molecule has 3 aromatic carbocycles. The average Bonchev–Trinajstić information content (AvgIpc) is 3.31. The second kappa shape index (κ2) is 11.0. The van der Waals surface area contributed by atoms with Gasteiger partial charge in [-0.1, -0.05) is 23.8 Å². The first-order chi connectivity index (χ1) is 16.5. The topological polar surface area (TPSA) is 80.3 Å². The fourth-order valence-electron chi connectivity index (χ4n) is 3.18. The first-order valence-corrected chi connectivity index (χ1v) is 12.4. The molecule has 1 heterocycles.